The number of anilines is 2. The number of ether oxygens (including phenoxy) is 1. The Kier molecular flexibility index (Phi) is 5.65. The number of nitrogens with zero attached hydrogens (tertiary/aromatic N) is 1. The number of hydrogen-bond acceptors (Lipinski definition) is 7. The van der Waals surface area contributed by atoms with Gasteiger partial charge in [-0.2, -0.15) is 4.47 Å². The molecule has 0 spiro atoms. The van der Waals surface area contributed by atoms with E-state index < -0.39 is 23.8 Å². The Morgan fingerprint density at radius 1 is 1.40 bits per heavy atom. The first-order valence-corrected chi connectivity index (χ1v) is 8.03. The Labute approximate surface area is 147 Å². The number of rotatable bonds is 6. The Hall–Kier alpha value is -2.18. The first-order chi connectivity index (χ1) is 11.6. The number of hydrogen-bond donors (Lipinski definition) is 3. The van der Waals surface area contributed by atoms with E-state index in [1.165, 1.54) is 13.1 Å². The third-order valence-corrected chi connectivity index (χ3v) is 4.86. The summed E-state index contributed by atoms with van der Waals surface area (Å²) in [6.45, 7) is 0. The summed E-state index contributed by atoms with van der Waals surface area (Å²) in [6, 6.07) is 3.75. The first-order valence-electron chi connectivity index (χ1n) is 6.44. The highest BCUT2D eigenvalue weighted by Crippen LogP contribution is 2.41. The van der Waals surface area contributed by atoms with Crippen LogP contribution in [0.2, 0.25) is 0 Å². The predicted octanol–water partition coefficient (Wildman–Crippen LogP) is 3.83. The van der Waals surface area contributed by atoms with Crippen molar-refractivity contribution in [2.24, 2.45) is 5.73 Å². The van der Waals surface area contributed by atoms with Crippen LogP contribution in [0.15, 0.2) is 29.2 Å². The zero-order valence-electron chi connectivity index (χ0n) is 12.4. The van der Waals surface area contributed by atoms with Crippen molar-refractivity contribution in [2.45, 2.75) is 11.3 Å². The van der Waals surface area contributed by atoms with E-state index in [1.54, 1.807) is 0 Å². The van der Waals surface area contributed by atoms with Gasteiger partial charge in [-0.25, -0.2) is 4.39 Å². The van der Waals surface area contributed by atoms with Crippen molar-refractivity contribution in [3.8, 4) is 5.75 Å². The number of halogens is 4. The molecule has 1 aromatic heterocycles. The monoisotopic (exact) mass is 397 g/mol. The summed E-state index contributed by atoms with van der Waals surface area (Å²) in [7, 11) is 1.53. The minimum atomic E-state index is -5.02. The second-order valence-corrected chi connectivity index (χ2v) is 6.44. The second kappa shape index (κ2) is 7.37. The molecule has 0 aliphatic carbocycles. The summed E-state index contributed by atoms with van der Waals surface area (Å²) in [6.07, 6.45) is -5.02. The lowest BCUT2D eigenvalue weighted by molar-refractivity contribution is -0.275. The summed E-state index contributed by atoms with van der Waals surface area (Å²) in [5.41, 5.74) is 5.31. The molecule has 12 heteroatoms. The van der Waals surface area contributed by atoms with Crippen LogP contribution in [-0.4, -0.2) is 24.5 Å². The highest BCUT2D eigenvalue weighted by atomic mass is 32.2. The van der Waals surface area contributed by atoms with Crippen LogP contribution in [-0.2, 0) is 0 Å². The van der Waals surface area contributed by atoms with Crippen LogP contribution >= 0.6 is 23.3 Å². The zero-order valence-corrected chi connectivity index (χ0v) is 14.1. The molecule has 0 saturated heterocycles. The number of nitrogens with one attached hydrogen (secondary N) is 1. The Morgan fingerprint density at radius 3 is 2.60 bits per heavy atom. The number of benzene rings is 1. The van der Waals surface area contributed by atoms with E-state index in [2.05, 4.69) is 10.1 Å². The van der Waals surface area contributed by atoms with Crippen LogP contribution in [0.1, 0.15) is 10.4 Å². The highest BCUT2D eigenvalue weighted by Gasteiger charge is 2.33. The quantitative estimate of drug-likeness (QED) is 0.390. The molecule has 25 heavy (non-hydrogen) atoms. The third kappa shape index (κ3) is 4.90. The van der Waals surface area contributed by atoms with Gasteiger partial charge in [-0.3, -0.25) is 10.0 Å². The molecular formula is C13H11F4N3O3S2. The topological polar surface area (TPSA) is 87.8 Å². The third-order valence-electron chi connectivity index (χ3n) is 2.72. The van der Waals surface area contributed by atoms with E-state index in [0.717, 1.165) is 23.5 Å². The summed E-state index contributed by atoms with van der Waals surface area (Å²) in [5, 5.41) is 13.3. The number of alkyl halides is 3. The maximum Gasteiger partial charge on any atom is 0.573 e. The molecule has 6 nitrogen and oxygen atoms in total. The van der Waals surface area contributed by atoms with Gasteiger partial charge in [0.25, 0.3) is 5.91 Å². The van der Waals surface area contributed by atoms with E-state index in [-0.39, 0.29) is 15.5 Å². The lowest BCUT2D eigenvalue weighted by atomic mass is 10.3. The number of primary amides is 1. The van der Waals surface area contributed by atoms with Gasteiger partial charge in [0.05, 0.1) is 10.5 Å². The van der Waals surface area contributed by atoms with Crippen molar-refractivity contribution in [2.75, 3.05) is 16.8 Å². The van der Waals surface area contributed by atoms with Crippen LogP contribution < -0.4 is 20.3 Å². The lowest BCUT2D eigenvalue weighted by Crippen LogP contribution is -2.18. The molecule has 0 aliphatic heterocycles. The van der Waals surface area contributed by atoms with Gasteiger partial charge in [-0.05, 0) is 18.2 Å². The molecule has 0 unspecified atom stereocenters. The number of amides is 1. The average molecular weight is 397 g/mol. The van der Waals surface area contributed by atoms with Crippen molar-refractivity contribution in [1.82, 2.24) is 0 Å². The van der Waals surface area contributed by atoms with Gasteiger partial charge in [0.2, 0.25) is 0 Å². The largest absolute Gasteiger partial charge is 0.573 e. The molecule has 0 aliphatic rings. The van der Waals surface area contributed by atoms with Gasteiger partial charge in [0.1, 0.15) is 21.6 Å². The van der Waals surface area contributed by atoms with Gasteiger partial charge in [-0.1, -0.05) is 11.3 Å². The van der Waals surface area contributed by atoms with E-state index in [9.17, 15) is 27.6 Å². The van der Waals surface area contributed by atoms with Gasteiger partial charge >= 0.3 is 6.36 Å². The molecule has 2 rings (SSSR count). The fraction of sp³-hybridized carbons (Fsp3) is 0.154. The molecule has 1 amide bonds. The van der Waals surface area contributed by atoms with Crippen molar-refractivity contribution in [3.05, 3.63) is 35.6 Å². The SMILES string of the molecule is CNc1sc(N(O)Sc2ccc(F)cc2OC(F)(F)F)cc1C(N)=O. The average Bonchev–Trinajstić information content (AvgIpc) is 2.93. The predicted molar refractivity (Wildman–Crippen MR) is 85.6 cm³/mol. The van der Waals surface area contributed by atoms with E-state index in [1.807, 2.05) is 0 Å². The Bertz CT molecular complexity index is 782. The molecule has 2 aromatic rings. The van der Waals surface area contributed by atoms with Crippen LogP contribution in [0, 0.1) is 5.82 Å². The lowest BCUT2D eigenvalue weighted by Gasteiger charge is -2.16. The van der Waals surface area contributed by atoms with E-state index in [4.69, 9.17) is 5.73 Å². The van der Waals surface area contributed by atoms with Crippen LogP contribution in [0.3, 0.4) is 0 Å². The summed E-state index contributed by atoms with van der Waals surface area (Å²) in [5.74, 6) is -2.48. The minimum absolute atomic E-state index is 0.105. The molecule has 4 N–H and O–H groups in total. The first kappa shape index (κ1) is 19.1. The molecule has 1 aromatic carbocycles. The van der Waals surface area contributed by atoms with Crippen LogP contribution in [0.5, 0.6) is 5.75 Å². The maximum absolute atomic E-state index is 13.2. The number of carbonyl (C=O) groups excluding carboxylic acids is 1. The molecule has 0 radical (unpaired) electrons. The normalized spacial score (nSPS) is 11.3. The molecule has 136 valence electrons. The van der Waals surface area contributed by atoms with Crippen molar-refractivity contribution in [3.63, 3.8) is 0 Å². The van der Waals surface area contributed by atoms with Crippen molar-refractivity contribution >= 4 is 39.2 Å². The van der Waals surface area contributed by atoms with Crippen molar-refractivity contribution in [1.29, 1.82) is 0 Å². The maximum atomic E-state index is 13.2. The van der Waals surface area contributed by atoms with Crippen LogP contribution in [0.4, 0.5) is 27.6 Å². The van der Waals surface area contributed by atoms with E-state index >= 15 is 0 Å². The molecule has 1 heterocycles. The summed E-state index contributed by atoms with van der Waals surface area (Å²) >= 11 is 1.39. The highest BCUT2D eigenvalue weighted by molar-refractivity contribution is 8.00. The Morgan fingerprint density at radius 2 is 2.08 bits per heavy atom. The van der Waals surface area contributed by atoms with Gasteiger partial charge in [0, 0.05) is 25.1 Å². The zero-order chi connectivity index (χ0) is 18.8. The minimum Gasteiger partial charge on any atom is -0.404 e. The smallest absolute Gasteiger partial charge is 0.404 e. The number of nitrogens with two attached hydrogens (primary N) is 1. The van der Waals surface area contributed by atoms with Crippen LogP contribution in [0.25, 0.3) is 0 Å². The van der Waals surface area contributed by atoms with Crippen molar-refractivity contribution < 1.29 is 32.3 Å². The second-order valence-electron chi connectivity index (χ2n) is 4.44. The molecular weight excluding hydrogens is 386 g/mol. The fourth-order valence-electron chi connectivity index (χ4n) is 1.74. The fourth-order valence-corrected chi connectivity index (χ4v) is 3.45. The van der Waals surface area contributed by atoms with Gasteiger partial charge < -0.3 is 15.8 Å². The van der Waals surface area contributed by atoms with E-state index in [0.29, 0.717) is 27.5 Å². The standard InChI is InChI=1S/C13H11F4N3O3S2/c1-19-12-7(11(18)21)5-10(24-12)20(22)25-9-3-2-6(14)4-8(9)23-13(15,16)17/h2-5,19,22H,1H3,(H2,18,21). The molecule has 0 saturated carbocycles. The van der Waals surface area contributed by atoms with Gasteiger partial charge in [-0.15, -0.1) is 13.2 Å². The summed E-state index contributed by atoms with van der Waals surface area (Å²) in [4.78, 5) is 11.1. The van der Waals surface area contributed by atoms with Gasteiger partial charge in [0.15, 0.2) is 0 Å². The number of carbonyl (C=O) groups is 1. The summed E-state index contributed by atoms with van der Waals surface area (Å²) < 4.78 is 54.7. The Balaban J connectivity index is 2.29. The molecule has 0 fully saturated rings. The number of thiophene rings is 1. The molecule has 0 atom stereocenters. The molecule has 0 bridgehead atoms.